The highest BCUT2D eigenvalue weighted by molar-refractivity contribution is 14.0. The van der Waals surface area contributed by atoms with Gasteiger partial charge in [-0.3, -0.25) is 4.99 Å². The minimum Gasteiger partial charge on any atom is -0.375 e. The fourth-order valence-electron chi connectivity index (χ4n) is 4.90. The molecule has 4 rings (SSSR count). The molecule has 27 heavy (non-hydrogen) atoms. The second-order valence-electron chi connectivity index (χ2n) is 8.80. The molecule has 0 aromatic carbocycles. The van der Waals surface area contributed by atoms with E-state index in [0.29, 0.717) is 30.1 Å². The van der Waals surface area contributed by atoms with Gasteiger partial charge in [0.05, 0.1) is 17.1 Å². The molecule has 0 bridgehead atoms. The molecule has 2 N–H and O–H groups in total. The molecule has 0 aromatic heterocycles. The Morgan fingerprint density at radius 2 is 1.78 bits per heavy atom. The molecule has 2 aliphatic carbocycles. The molecule has 0 aromatic rings. The van der Waals surface area contributed by atoms with Gasteiger partial charge in [0.2, 0.25) is 0 Å². The number of hydrogen-bond donors (Lipinski definition) is 2. The summed E-state index contributed by atoms with van der Waals surface area (Å²) in [6, 6.07) is 0.912. The van der Waals surface area contributed by atoms with Crippen molar-refractivity contribution < 1.29 is 13.2 Å². The topological polar surface area (TPSA) is 79.8 Å². The SMILES string of the molecule is I.O=S1(=O)CCC(CN=C(NC2CCCC2)NC2CCOC3(CCC3)C2)C1. The van der Waals surface area contributed by atoms with Gasteiger partial charge >= 0.3 is 0 Å². The first-order valence-corrected chi connectivity index (χ1v) is 12.3. The average molecular weight is 511 g/mol. The van der Waals surface area contributed by atoms with Crippen LogP contribution in [-0.4, -0.2) is 56.7 Å². The van der Waals surface area contributed by atoms with Crippen molar-refractivity contribution in [2.24, 2.45) is 10.9 Å². The van der Waals surface area contributed by atoms with Crippen LogP contribution in [0.3, 0.4) is 0 Å². The number of hydrogen-bond acceptors (Lipinski definition) is 4. The molecule has 2 saturated carbocycles. The van der Waals surface area contributed by atoms with E-state index in [4.69, 9.17) is 9.73 Å². The third-order valence-corrected chi connectivity index (χ3v) is 8.47. The molecule has 8 heteroatoms. The lowest BCUT2D eigenvalue weighted by atomic mass is 9.74. The maximum atomic E-state index is 11.7. The van der Waals surface area contributed by atoms with E-state index in [-0.39, 0.29) is 35.5 Å². The van der Waals surface area contributed by atoms with Crippen LogP contribution in [0.5, 0.6) is 0 Å². The molecule has 4 aliphatic rings. The van der Waals surface area contributed by atoms with Crippen molar-refractivity contribution >= 4 is 39.8 Å². The Morgan fingerprint density at radius 1 is 1.04 bits per heavy atom. The minimum atomic E-state index is -2.83. The zero-order valence-electron chi connectivity index (χ0n) is 16.1. The van der Waals surface area contributed by atoms with Crippen LogP contribution in [-0.2, 0) is 14.6 Å². The number of rotatable bonds is 4. The molecule has 1 spiro atoms. The molecule has 156 valence electrons. The number of sulfone groups is 1. The first-order valence-electron chi connectivity index (χ1n) is 10.4. The van der Waals surface area contributed by atoms with E-state index < -0.39 is 9.84 Å². The van der Waals surface area contributed by atoms with Gasteiger partial charge in [0.25, 0.3) is 0 Å². The first-order chi connectivity index (χ1) is 12.5. The number of halogens is 1. The van der Waals surface area contributed by atoms with E-state index >= 15 is 0 Å². The highest BCUT2D eigenvalue weighted by Crippen LogP contribution is 2.42. The van der Waals surface area contributed by atoms with Crippen molar-refractivity contribution in [2.45, 2.75) is 81.9 Å². The predicted octanol–water partition coefficient (Wildman–Crippen LogP) is 2.62. The third-order valence-electron chi connectivity index (χ3n) is 6.63. The highest BCUT2D eigenvalue weighted by Gasteiger charge is 2.42. The van der Waals surface area contributed by atoms with Crippen LogP contribution in [0.1, 0.15) is 64.2 Å². The fraction of sp³-hybridized carbons (Fsp3) is 0.947. The molecule has 0 radical (unpaired) electrons. The van der Waals surface area contributed by atoms with Gasteiger partial charge in [-0.15, -0.1) is 24.0 Å². The summed E-state index contributed by atoms with van der Waals surface area (Å²) in [7, 11) is -2.83. The fourth-order valence-corrected chi connectivity index (χ4v) is 6.75. The van der Waals surface area contributed by atoms with E-state index in [1.54, 1.807) is 0 Å². The molecule has 4 fully saturated rings. The van der Waals surface area contributed by atoms with Gasteiger partial charge in [0.1, 0.15) is 0 Å². The van der Waals surface area contributed by atoms with Gasteiger partial charge < -0.3 is 15.4 Å². The van der Waals surface area contributed by atoms with E-state index in [9.17, 15) is 8.42 Å². The van der Waals surface area contributed by atoms with E-state index in [2.05, 4.69) is 10.6 Å². The molecule has 2 unspecified atom stereocenters. The van der Waals surface area contributed by atoms with Crippen LogP contribution in [0.25, 0.3) is 0 Å². The Balaban J connectivity index is 0.00000210. The molecule has 2 heterocycles. The lowest BCUT2D eigenvalue weighted by Gasteiger charge is -2.47. The zero-order valence-corrected chi connectivity index (χ0v) is 19.3. The normalized spacial score (nSPS) is 32.7. The summed E-state index contributed by atoms with van der Waals surface area (Å²) in [6.07, 6.45) is 11.5. The largest absolute Gasteiger partial charge is 0.375 e. The molecule has 2 saturated heterocycles. The molecule has 0 amide bonds. The number of guanidine groups is 1. The molecule has 2 atom stereocenters. The average Bonchev–Trinajstić information content (AvgIpc) is 3.20. The van der Waals surface area contributed by atoms with Crippen LogP contribution in [0.15, 0.2) is 4.99 Å². The summed E-state index contributed by atoms with van der Waals surface area (Å²) >= 11 is 0. The lowest BCUT2D eigenvalue weighted by molar-refractivity contribution is -0.134. The second-order valence-corrected chi connectivity index (χ2v) is 11.0. The zero-order chi connectivity index (χ0) is 18.0. The van der Waals surface area contributed by atoms with Gasteiger partial charge in [-0.2, -0.15) is 0 Å². The van der Waals surface area contributed by atoms with Crippen molar-refractivity contribution in [1.82, 2.24) is 10.6 Å². The van der Waals surface area contributed by atoms with Gasteiger partial charge in [-0.05, 0) is 57.3 Å². The van der Waals surface area contributed by atoms with E-state index in [1.807, 2.05) is 0 Å². The summed E-state index contributed by atoms with van der Waals surface area (Å²) in [5.74, 6) is 1.69. The quantitative estimate of drug-likeness (QED) is 0.345. The van der Waals surface area contributed by atoms with Gasteiger partial charge in [0, 0.05) is 25.2 Å². The van der Waals surface area contributed by atoms with Crippen molar-refractivity contribution in [1.29, 1.82) is 0 Å². The minimum absolute atomic E-state index is 0. The Kier molecular flexibility index (Phi) is 7.33. The summed E-state index contributed by atoms with van der Waals surface area (Å²) in [5, 5.41) is 7.28. The van der Waals surface area contributed by atoms with Crippen LogP contribution >= 0.6 is 24.0 Å². The maximum absolute atomic E-state index is 11.7. The standard InChI is InChI=1S/C19H33N3O3S.HI/c23-26(24)11-7-15(14-26)13-20-18(21-16-4-1-2-5-16)22-17-6-10-25-19(12-17)8-3-9-19;/h15-17H,1-14H2,(H2,20,21,22);1H. The molecule has 2 aliphatic heterocycles. The Labute approximate surface area is 180 Å². The Morgan fingerprint density at radius 3 is 2.41 bits per heavy atom. The summed E-state index contributed by atoms with van der Waals surface area (Å²) in [4.78, 5) is 4.81. The monoisotopic (exact) mass is 511 g/mol. The van der Waals surface area contributed by atoms with Crippen molar-refractivity contribution in [2.75, 3.05) is 24.7 Å². The van der Waals surface area contributed by atoms with Gasteiger partial charge in [0.15, 0.2) is 15.8 Å². The van der Waals surface area contributed by atoms with Gasteiger partial charge in [-0.25, -0.2) is 8.42 Å². The summed E-state index contributed by atoms with van der Waals surface area (Å²) in [6.45, 7) is 1.44. The first kappa shape index (κ1) is 21.6. The number of ether oxygens (including phenoxy) is 1. The van der Waals surface area contributed by atoms with Crippen LogP contribution in [0.2, 0.25) is 0 Å². The second kappa shape index (κ2) is 9.15. The third kappa shape index (κ3) is 5.72. The lowest BCUT2D eigenvalue weighted by Crippen LogP contribution is -2.54. The highest BCUT2D eigenvalue weighted by atomic mass is 127. The van der Waals surface area contributed by atoms with Crippen LogP contribution < -0.4 is 10.6 Å². The molecular formula is C19H34IN3O3S. The number of nitrogens with one attached hydrogen (secondary N) is 2. The van der Waals surface area contributed by atoms with Gasteiger partial charge in [-0.1, -0.05) is 12.8 Å². The Hall–Kier alpha value is -0.0900. The number of nitrogens with zero attached hydrogens (tertiary/aromatic N) is 1. The predicted molar refractivity (Wildman–Crippen MR) is 119 cm³/mol. The Bertz CT molecular complexity index is 630. The van der Waals surface area contributed by atoms with Crippen LogP contribution in [0.4, 0.5) is 0 Å². The molecule has 6 nitrogen and oxygen atoms in total. The summed E-state index contributed by atoms with van der Waals surface area (Å²) < 4.78 is 29.4. The smallest absolute Gasteiger partial charge is 0.191 e. The van der Waals surface area contributed by atoms with Crippen molar-refractivity contribution in [3.8, 4) is 0 Å². The van der Waals surface area contributed by atoms with E-state index in [1.165, 1.54) is 44.9 Å². The number of aliphatic imine (C=N–C) groups is 1. The summed E-state index contributed by atoms with van der Waals surface area (Å²) in [5.41, 5.74) is 0.119. The maximum Gasteiger partial charge on any atom is 0.191 e. The van der Waals surface area contributed by atoms with Crippen LogP contribution in [0, 0.1) is 5.92 Å². The van der Waals surface area contributed by atoms with Crippen molar-refractivity contribution in [3.05, 3.63) is 0 Å². The molecular weight excluding hydrogens is 477 g/mol. The van der Waals surface area contributed by atoms with Crippen molar-refractivity contribution in [3.63, 3.8) is 0 Å². The van der Waals surface area contributed by atoms with E-state index in [0.717, 1.165) is 31.8 Å².